The van der Waals surface area contributed by atoms with Gasteiger partial charge >= 0.3 is 0 Å². The molecule has 0 spiro atoms. The van der Waals surface area contributed by atoms with E-state index in [9.17, 15) is 4.79 Å². The van der Waals surface area contributed by atoms with Crippen molar-refractivity contribution in [3.05, 3.63) is 20.8 Å². The van der Waals surface area contributed by atoms with Gasteiger partial charge in [0, 0.05) is 22.2 Å². The Kier molecular flexibility index (Phi) is 6.97. The van der Waals surface area contributed by atoms with Crippen LogP contribution in [0.1, 0.15) is 50.3 Å². The van der Waals surface area contributed by atoms with Crippen LogP contribution in [0, 0.1) is 0 Å². The topological polar surface area (TPSA) is 17.1 Å². The number of unbranched alkanes of at least 4 members (excludes halogenated alkanes) is 4. The van der Waals surface area contributed by atoms with Crippen LogP contribution in [0.5, 0.6) is 0 Å². The first-order valence-electron chi connectivity index (χ1n) is 5.97. The zero-order chi connectivity index (χ0) is 11.8. The van der Waals surface area contributed by atoms with E-state index in [4.69, 9.17) is 0 Å². The summed E-state index contributed by atoms with van der Waals surface area (Å²) in [6.45, 7) is 2.21. The SMILES string of the molecule is CCCCCCCC(=O)Cc1sccc1Br. The third-order valence-corrected chi connectivity index (χ3v) is 4.53. The molecule has 0 amide bonds. The fourth-order valence-electron chi connectivity index (χ4n) is 1.64. The maximum Gasteiger partial charge on any atom is 0.138 e. The smallest absolute Gasteiger partial charge is 0.138 e. The second-order valence-corrected chi connectivity index (χ2v) is 5.93. The lowest BCUT2D eigenvalue weighted by molar-refractivity contribution is -0.118. The molecule has 0 aliphatic rings. The molecule has 3 heteroatoms. The number of rotatable bonds is 8. The van der Waals surface area contributed by atoms with Crippen molar-refractivity contribution in [2.75, 3.05) is 0 Å². The predicted octanol–water partition coefficient (Wildman–Crippen LogP) is 4.98. The van der Waals surface area contributed by atoms with Crippen LogP contribution in [0.15, 0.2) is 15.9 Å². The summed E-state index contributed by atoms with van der Waals surface area (Å²) in [6, 6.07) is 2.01. The molecule has 0 radical (unpaired) electrons. The largest absolute Gasteiger partial charge is 0.299 e. The van der Waals surface area contributed by atoms with E-state index in [-0.39, 0.29) is 0 Å². The van der Waals surface area contributed by atoms with E-state index in [0.29, 0.717) is 12.2 Å². The highest BCUT2D eigenvalue weighted by molar-refractivity contribution is 9.10. The standard InChI is InChI=1S/C13H19BrOS/c1-2-3-4-5-6-7-11(15)10-13-12(14)8-9-16-13/h8-9H,2-7,10H2,1H3. The van der Waals surface area contributed by atoms with Gasteiger partial charge in [-0.1, -0.05) is 32.6 Å². The Morgan fingerprint density at radius 3 is 2.69 bits per heavy atom. The molecular weight excluding hydrogens is 284 g/mol. The molecule has 0 bridgehead atoms. The van der Waals surface area contributed by atoms with Gasteiger partial charge in [-0.05, 0) is 33.8 Å². The van der Waals surface area contributed by atoms with E-state index < -0.39 is 0 Å². The van der Waals surface area contributed by atoms with Crippen molar-refractivity contribution in [1.82, 2.24) is 0 Å². The van der Waals surface area contributed by atoms with Gasteiger partial charge in [-0.2, -0.15) is 0 Å². The number of carbonyl (C=O) groups excluding carboxylic acids is 1. The van der Waals surface area contributed by atoms with Crippen molar-refractivity contribution in [2.24, 2.45) is 0 Å². The van der Waals surface area contributed by atoms with E-state index in [2.05, 4.69) is 22.9 Å². The Bertz CT molecular complexity index is 319. The molecule has 0 N–H and O–H groups in total. The summed E-state index contributed by atoms with van der Waals surface area (Å²) >= 11 is 5.11. The maximum atomic E-state index is 11.7. The third-order valence-electron chi connectivity index (χ3n) is 2.61. The lowest BCUT2D eigenvalue weighted by Gasteiger charge is -2.00. The van der Waals surface area contributed by atoms with Crippen molar-refractivity contribution < 1.29 is 4.79 Å². The first-order chi connectivity index (χ1) is 7.74. The Hall–Kier alpha value is -0.150. The first kappa shape index (κ1) is 13.9. The van der Waals surface area contributed by atoms with Gasteiger partial charge in [-0.25, -0.2) is 0 Å². The van der Waals surface area contributed by atoms with Crippen LogP contribution in [0.25, 0.3) is 0 Å². The number of hydrogen-bond donors (Lipinski definition) is 0. The first-order valence-corrected chi connectivity index (χ1v) is 7.65. The summed E-state index contributed by atoms with van der Waals surface area (Å²) in [4.78, 5) is 12.8. The van der Waals surface area contributed by atoms with Gasteiger partial charge in [-0.15, -0.1) is 11.3 Å². The average molecular weight is 303 g/mol. The number of Topliss-reactive ketones (excluding diaryl/α,β-unsaturated/α-hetero) is 1. The summed E-state index contributed by atoms with van der Waals surface area (Å²) in [5.41, 5.74) is 0. The highest BCUT2D eigenvalue weighted by Crippen LogP contribution is 2.23. The lowest BCUT2D eigenvalue weighted by atomic mass is 10.1. The fourth-order valence-corrected chi connectivity index (χ4v) is 3.17. The van der Waals surface area contributed by atoms with E-state index in [0.717, 1.165) is 17.3 Å². The molecule has 1 aromatic heterocycles. The van der Waals surface area contributed by atoms with E-state index >= 15 is 0 Å². The van der Waals surface area contributed by atoms with Crippen LogP contribution < -0.4 is 0 Å². The van der Waals surface area contributed by atoms with Crippen molar-refractivity contribution >= 4 is 33.0 Å². The van der Waals surface area contributed by atoms with Gasteiger partial charge < -0.3 is 0 Å². The Labute approximate surface area is 110 Å². The van der Waals surface area contributed by atoms with Crippen molar-refractivity contribution in [3.8, 4) is 0 Å². The van der Waals surface area contributed by atoms with Gasteiger partial charge in [0.25, 0.3) is 0 Å². The quantitative estimate of drug-likeness (QED) is 0.619. The summed E-state index contributed by atoms with van der Waals surface area (Å²) < 4.78 is 1.08. The van der Waals surface area contributed by atoms with Gasteiger partial charge in [0.1, 0.15) is 5.78 Å². The Balaban J connectivity index is 2.14. The molecule has 0 fully saturated rings. The third kappa shape index (κ3) is 5.26. The van der Waals surface area contributed by atoms with Gasteiger partial charge in [-0.3, -0.25) is 4.79 Å². The molecule has 1 nitrogen and oxygen atoms in total. The van der Waals surface area contributed by atoms with Crippen LogP contribution in [0.3, 0.4) is 0 Å². The normalized spacial score (nSPS) is 10.6. The summed E-state index contributed by atoms with van der Waals surface area (Å²) in [5.74, 6) is 0.375. The molecule has 0 aliphatic heterocycles. The summed E-state index contributed by atoms with van der Waals surface area (Å²) in [5, 5.41) is 2.02. The molecule has 0 aromatic carbocycles. The lowest BCUT2D eigenvalue weighted by Crippen LogP contribution is -2.01. The van der Waals surface area contributed by atoms with Crippen molar-refractivity contribution in [1.29, 1.82) is 0 Å². The molecule has 1 aromatic rings. The minimum atomic E-state index is 0.375. The average Bonchev–Trinajstić information content (AvgIpc) is 2.64. The van der Waals surface area contributed by atoms with Crippen molar-refractivity contribution in [2.45, 2.75) is 51.9 Å². The molecular formula is C13H19BrOS. The second kappa shape index (κ2) is 8.02. The number of carbonyl (C=O) groups is 1. The Morgan fingerprint density at radius 1 is 1.31 bits per heavy atom. The summed E-state index contributed by atoms with van der Waals surface area (Å²) in [7, 11) is 0. The molecule has 1 heterocycles. The molecule has 1 rings (SSSR count). The zero-order valence-corrected chi connectivity index (χ0v) is 12.2. The highest BCUT2D eigenvalue weighted by atomic mass is 79.9. The molecule has 0 unspecified atom stereocenters. The monoisotopic (exact) mass is 302 g/mol. The number of thiophene rings is 1. The molecule has 0 saturated carbocycles. The van der Waals surface area contributed by atoms with E-state index in [1.807, 2.05) is 11.4 Å². The van der Waals surface area contributed by atoms with Crippen molar-refractivity contribution in [3.63, 3.8) is 0 Å². The number of ketones is 1. The van der Waals surface area contributed by atoms with E-state index in [1.54, 1.807) is 11.3 Å². The van der Waals surface area contributed by atoms with Crippen LogP contribution in [-0.4, -0.2) is 5.78 Å². The van der Waals surface area contributed by atoms with Crippen LogP contribution in [-0.2, 0) is 11.2 Å². The fraction of sp³-hybridized carbons (Fsp3) is 0.615. The molecule has 0 saturated heterocycles. The highest BCUT2D eigenvalue weighted by Gasteiger charge is 2.07. The molecule has 0 atom stereocenters. The summed E-state index contributed by atoms with van der Waals surface area (Å²) in [6.07, 6.45) is 7.43. The molecule has 0 aliphatic carbocycles. The maximum absolute atomic E-state index is 11.7. The minimum Gasteiger partial charge on any atom is -0.299 e. The molecule has 16 heavy (non-hydrogen) atoms. The minimum absolute atomic E-state index is 0.375. The van der Waals surface area contributed by atoms with Gasteiger partial charge in [0.15, 0.2) is 0 Å². The second-order valence-electron chi connectivity index (χ2n) is 4.07. The van der Waals surface area contributed by atoms with Gasteiger partial charge in [0.2, 0.25) is 0 Å². The molecule has 90 valence electrons. The Morgan fingerprint density at radius 2 is 2.06 bits per heavy atom. The van der Waals surface area contributed by atoms with E-state index in [1.165, 1.54) is 30.6 Å². The number of hydrogen-bond acceptors (Lipinski definition) is 2. The van der Waals surface area contributed by atoms with Crippen LogP contribution >= 0.6 is 27.3 Å². The van der Waals surface area contributed by atoms with Crippen LogP contribution in [0.4, 0.5) is 0 Å². The van der Waals surface area contributed by atoms with Crippen LogP contribution in [0.2, 0.25) is 0 Å². The van der Waals surface area contributed by atoms with Gasteiger partial charge in [0.05, 0.1) is 0 Å². The predicted molar refractivity (Wildman–Crippen MR) is 74.1 cm³/mol. The number of halogens is 1. The zero-order valence-electron chi connectivity index (χ0n) is 9.80.